The summed E-state index contributed by atoms with van der Waals surface area (Å²) in [5, 5.41) is 3.02. The number of amides is 3. The van der Waals surface area contributed by atoms with Crippen molar-refractivity contribution in [3.8, 4) is 0 Å². The van der Waals surface area contributed by atoms with E-state index in [1.165, 1.54) is 0 Å². The minimum Gasteiger partial charge on any atom is -0.378 e. The molecule has 0 aromatic carbocycles. The van der Waals surface area contributed by atoms with E-state index in [0.717, 1.165) is 25.2 Å². The number of carbonyl (C=O) groups is 2. The first kappa shape index (κ1) is 20.9. The highest BCUT2D eigenvalue weighted by atomic mass is 16.5. The number of anilines is 1. The molecule has 4 heterocycles. The van der Waals surface area contributed by atoms with Gasteiger partial charge in [-0.3, -0.25) is 4.79 Å². The maximum atomic E-state index is 13.8. The number of hydrogen-bond donors (Lipinski definition) is 1. The molecule has 1 aromatic rings. The van der Waals surface area contributed by atoms with E-state index < -0.39 is 5.41 Å². The summed E-state index contributed by atoms with van der Waals surface area (Å²) in [5.41, 5.74) is -0.484. The van der Waals surface area contributed by atoms with Gasteiger partial charge in [0.2, 0.25) is 5.91 Å². The smallest absolute Gasteiger partial charge is 0.317 e. The number of nitrogens with zero attached hydrogens (tertiary/aromatic N) is 4. The molecule has 1 aromatic heterocycles. The van der Waals surface area contributed by atoms with Gasteiger partial charge in [-0.1, -0.05) is 6.07 Å². The first-order chi connectivity index (χ1) is 14.5. The number of morpholine rings is 1. The van der Waals surface area contributed by atoms with E-state index >= 15 is 0 Å². The normalized spacial score (nSPS) is 27.0. The minimum absolute atomic E-state index is 0.0316. The molecule has 164 valence electrons. The van der Waals surface area contributed by atoms with Crippen molar-refractivity contribution in [1.82, 2.24) is 20.1 Å². The maximum Gasteiger partial charge on any atom is 0.317 e. The van der Waals surface area contributed by atoms with E-state index in [1.807, 2.05) is 41.8 Å². The average molecular weight is 416 g/mol. The Morgan fingerprint density at radius 1 is 1.17 bits per heavy atom. The van der Waals surface area contributed by atoms with Gasteiger partial charge in [-0.15, -0.1) is 0 Å². The highest BCUT2D eigenvalue weighted by Crippen LogP contribution is 2.45. The molecule has 0 radical (unpaired) electrons. The van der Waals surface area contributed by atoms with Crippen molar-refractivity contribution in [2.45, 2.75) is 32.7 Å². The maximum absolute atomic E-state index is 13.8. The standard InChI is InChI=1S/C22H33N5O3/c1-17(2)24-21(29)26-9-5-7-22(20(28)25-10-12-30-13-11-25)16-27(15-18(22)14-26)19-6-3-4-8-23-19/h3-4,6,8,17-18H,5,7,9-16H2,1-2H3,(H,24,29)/t18-,22-/m0/s1. The Labute approximate surface area is 178 Å². The number of rotatable bonds is 3. The lowest BCUT2D eigenvalue weighted by atomic mass is 9.73. The summed E-state index contributed by atoms with van der Waals surface area (Å²) in [6.45, 7) is 9.11. The van der Waals surface area contributed by atoms with Crippen LogP contribution in [0, 0.1) is 11.3 Å². The van der Waals surface area contributed by atoms with Gasteiger partial charge >= 0.3 is 6.03 Å². The Hall–Kier alpha value is -2.35. The lowest BCUT2D eigenvalue weighted by molar-refractivity contribution is -0.148. The summed E-state index contributed by atoms with van der Waals surface area (Å²) in [6.07, 6.45) is 3.42. The molecule has 0 spiro atoms. The third-order valence-corrected chi connectivity index (χ3v) is 6.58. The lowest BCUT2D eigenvalue weighted by Crippen LogP contribution is -2.53. The molecule has 8 nitrogen and oxygen atoms in total. The largest absolute Gasteiger partial charge is 0.378 e. The topological polar surface area (TPSA) is 78.0 Å². The molecule has 4 rings (SSSR count). The van der Waals surface area contributed by atoms with Gasteiger partial charge < -0.3 is 24.8 Å². The molecular weight excluding hydrogens is 382 g/mol. The number of aromatic nitrogens is 1. The van der Waals surface area contributed by atoms with Gasteiger partial charge in [0.15, 0.2) is 0 Å². The molecule has 8 heteroatoms. The summed E-state index contributed by atoms with van der Waals surface area (Å²) >= 11 is 0. The van der Waals surface area contributed by atoms with E-state index in [0.29, 0.717) is 45.9 Å². The van der Waals surface area contributed by atoms with Crippen molar-refractivity contribution >= 4 is 17.8 Å². The molecule has 0 unspecified atom stereocenters. The zero-order valence-electron chi connectivity index (χ0n) is 18.0. The first-order valence-electron chi connectivity index (χ1n) is 11.1. The second kappa shape index (κ2) is 8.79. The fourth-order valence-corrected chi connectivity index (χ4v) is 5.10. The minimum atomic E-state index is -0.484. The fraction of sp³-hybridized carbons (Fsp3) is 0.682. The van der Waals surface area contributed by atoms with Gasteiger partial charge in [0, 0.05) is 57.4 Å². The number of hydrogen-bond acceptors (Lipinski definition) is 5. The van der Waals surface area contributed by atoms with Crippen LogP contribution in [0.1, 0.15) is 26.7 Å². The Morgan fingerprint density at radius 3 is 2.67 bits per heavy atom. The SMILES string of the molecule is CC(C)NC(=O)N1CCC[C@]2(C(=O)N3CCOCC3)CN(c3ccccn3)C[C@@H]2C1. The molecule has 0 bridgehead atoms. The molecule has 1 N–H and O–H groups in total. The number of nitrogens with one attached hydrogen (secondary N) is 1. The molecule has 0 saturated carbocycles. The highest BCUT2D eigenvalue weighted by molar-refractivity contribution is 5.85. The zero-order valence-corrected chi connectivity index (χ0v) is 18.0. The molecule has 3 saturated heterocycles. The molecule has 3 aliphatic heterocycles. The summed E-state index contributed by atoms with van der Waals surface area (Å²) in [6, 6.07) is 5.95. The Balaban J connectivity index is 1.61. The van der Waals surface area contributed by atoms with Crippen molar-refractivity contribution in [2.24, 2.45) is 11.3 Å². The van der Waals surface area contributed by atoms with E-state index in [-0.39, 0.29) is 23.9 Å². The van der Waals surface area contributed by atoms with Gasteiger partial charge in [-0.25, -0.2) is 9.78 Å². The molecular formula is C22H33N5O3. The third kappa shape index (κ3) is 4.10. The Kier molecular flexibility index (Phi) is 6.13. The quantitative estimate of drug-likeness (QED) is 0.811. The zero-order chi connectivity index (χ0) is 21.1. The Bertz CT molecular complexity index is 752. The van der Waals surface area contributed by atoms with Crippen LogP contribution in [-0.4, -0.2) is 85.2 Å². The number of urea groups is 1. The van der Waals surface area contributed by atoms with Gasteiger partial charge in [-0.2, -0.15) is 0 Å². The first-order valence-corrected chi connectivity index (χ1v) is 11.1. The highest BCUT2D eigenvalue weighted by Gasteiger charge is 2.55. The number of likely N-dealkylation sites (tertiary alicyclic amines) is 1. The summed E-state index contributed by atoms with van der Waals surface area (Å²) in [7, 11) is 0. The van der Waals surface area contributed by atoms with Crippen molar-refractivity contribution in [1.29, 1.82) is 0 Å². The summed E-state index contributed by atoms with van der Waals surface area (Å²) < 4.78 is 5.47. The van der Waals surface area contributed by atoms with E-state index in [9.17, 15) is 9.59 Å². The van der Waals surface area contributed by atoms with E-state index in [1.54, 1.807) is 6.20 Å². The van der Waals surface area contributed by atoms with E-state index in [4.69, 9.17) is 4.74 Å². The van der Waals surface area contributed by atoms with Gasteiger partial charge in [-0.05, 0) is 38.8 Å². The van der Waals surface area contributed by atoms with Gasteiger partial charge in [0.05, 0.1) is 18.6 Å². The molecule has 3 aliphatic rings. The molecule has 0 aliphatic carbocycles. The summed E-state index contributed by atoms with van der Waals surface area (Å²) in [5.74, 6) is 1.20. The van der Waals surface area contributed by atoms with Gasteiger partial charge in [0.1, 0.15) is 5.82 Å². The van der Waals surface area contributed by atoms with Crippen LogP contribution in [0.15, 0.2) is 24.4 Å². The third-order valence-electron chi connectivity index (χ3n) is 6.58. The van der Waals surface area contributed by atoms with Crippen LogP contribution in [0.4, 0.5) is 10.6 Å². The van der Waals surface area contributed by atoms with Crippen LogP contribution in [0.25, 0.3) is 0 Å². The Morgan fingerprint density at radius 2 is 1.97 bits per heavy atom. The molecule has 2 atom stereocenters. The second-order valence-corrected chi connectivity index (χ2v) is 8.98. The van der Waals surface area contributed by atoms with Crippen molar-refractivity contribution < 1.29 is 14.3 Å². The predicted octanol–water partition coefficient (Wildman–Crippen LogP) is 1.58. The van der Waals surface area contributed by atoms with Crippen LogP contribution in [0.5, 0.6) is 0 Å². The fourth-order valence-electron chi connectivity index (χ4n) is 5.10. The van der Waals surface area contributed by atoms with Crippen LogP contribution in [0.2, 0.25) is 0 Å². The number of pyridine rings is 1. The van der Waals surface area contributed by atoms with E-state index in [2.05, 4.69) is 15.2 Å². The second-order valence-electron chi connectivity index (χ2n) is 8.98. The van der Waals surface area contributed by atoms with Crippen molar-refractivity contribution in [3.63, 3.8) is 0 Å². The van der Waals surface area contributed by atoms with Crippen molar-refractivity contribution in [2.75, 3.05) is 57.4 Å². The molecule has 3 amide bonds. The monoisotopic (exact) mass is 415 g/mol. The van der Waals surface area contributed by atoms with Crippen LogP contribution in [-0.2, 0) is 9.53 Å². The average Bonchev–Trinajstić information content (AvgIpc) is 3.02. The number of ether oxygens (including phenoxy) is 1. The van der Waals surface area contributed by atoms with Crippen LogP contribution < -0.4 is 10.2 Å². The van der Waals surface area contributed by atoms with Crippen LogP contribution >= 0.6 is 0 Å². The molecule has 30 heavy (non-hydrogen) atoms. The predicted molar refractivity (Wildman–Crippen MR) is 114 cm³/mol. The number of fused-ring (bicyclic) bond motifs is 1. The van der Waals surface area contributed by atoms with Crippen LogP contribution in [0.3, 0.4) is 0 Å². The number of carbonyl (C=O) groups excluding carboxylic acids is 2. The summed E-state index contributed by atoms with van der Waals surface area (Å²) in [4.78, 5) is 37.2. The lowest BCUT2D eigenvalue weighted by Gasteiger charge is -2.38. The van der Waals surface area contributed by atoms with Crippen molar-refractivity contribution in [3.05, 3.63) is 24.4 Å². The van der Waals surface area contributed by atoms with Gasteiger partial charge in [0.25, 0.3) is 0 Å². The molecule has 3 fully saturated rings.